The van der Waals surface area contributed by atoms with Gasteiger partial charge in [0.15, 0.2) is 17.2 Å². The number of amides is 1. The molecule has 1 aliphatic rings. The van der Waals surface area contributed by atoms with Crippen LogP contribution in [0, 0.1) is 0 Å². The number of ether oxygens (including phenoxy) is 2. The summed E-state index contributed by atoms with van der Waals surface area (Å²) >= 11 is 0. The molecule has 0 atom stereocenters. The SMILES string of the molecule is C=CCN1C(=O)/C(=N\N=C/c2ccc(OC)c(OC(F)F)c2)c2ccccc21. The van der Waals surface area contributed by atoms with Crippen molar-refractivity contribution in [2.45, 2.75) is 6.61 Å². The van der Waals surface area contributed by atoms with E-state index in [0.717, 1.165) is 5.69 Å². The van der Waals surface area contributed by atoms with Gasteiger partial charge >= 0.3 is 6.61 Å². The number of hydrogen-bond acceptors (Lipinski definition) is 5. The monoisotopic (exact) mass is 385 g/mol. The fourth-order valence-corrected chi connectivity index (χ4v) is 2.78. The fraction of sp³-hybridized carbons (Fsp3) is 0.150. The molecule has 2 aromatic rings. The lowest BCUT2D eigenvalue weighted by Gasteiger charge is -2.13. The average molecular weight is 385 g/mol. The third-order valence-electron chi connectivity index (χ3n) is 3.98. The second kappa shape index (κ2) is 8.43. The molecule has 1 amide bonds. The molecule has 6 nitrogen and oxygen atoms in total. The summed E-state index contributed by atoms with van der Waals surface area (Å²) in [6.07, 6.45) is 2.97. The van der Waals surface area contributed by atoms with Crippen LogP contribution < -0.4 is 14.4 Å². The van der Waals surface area contributed by atoms with Crippen LogP contribution in [0.2, 0.25) is 0 Å². The number of halogens is 2. The van der Waals surface area contributed by atoms with Crippen LogP contribution >= 0.6 is 0 Å². The summed E-state index contributed by atoms with van der Waals surface area (Å²) in [6, 6.07) is 11.7. The molecule has 0 aliphatic carbocycles. The molecule has 8 heteroatoms. The van der Waals surface area contributed by atoms with Crippen molar-refractivity contribution in [1.29, 1.82) is 0 Å². The normalized spacial score (nSPS) is 14.8. The van der Waals surface area contributed by atoms with Crippen molar-refractivity contribution >= 4 is 23.5 Å². The number of benzene rings is 2. The molecular formula is C20H17F2N3O3. The number of anilines is 1. The number of methoxy groups -OCH3 is 1. The molecule has 0 unspecified atom stereocenters. The lowest BCUT2D eigenvalue weighted by Crippen LogP contribution is -2.30. The molecule has 28 heavy (non-hydrogen) atoms. The second-order valence-electron chi connectivity index (χ2n) is 5.70. The number of carbonyl (C=O) groups excluding carboxylic acids is 1. The molecule has 0 fully saturated rings. The topological polar surface area (TPSA) is 63.5 Å². The summed E-state index contributed by atoms with van der Waals surface area (Å²) in [5, 5.41) is 8.00. The Kier molecular flexibility index (Phi) is 5.78. The molecule has 0 spiro atoms. The predicted octanol–water partition coefficient (Wildman–Crippen LogP) is 3.65. The summed E-state index contributed by atoms with van der Waals surface area (Å²) < 4.78 is 34.5. The molecule has 0 N–H and O–H groups in total. The first kappa shape index (κ1) is 19.2. The van der Waals surface area contributed by atoms with E-state index in [0.29, 0.717) is 17.7 Å². The Morgan fingerprint density at radius 3 is 2.71 bits per heavy atom. The van der Waals surface area contributed by atoms with Crippen molar-refractivity contribution in [2.24, 2.45) is 10.2 Å². The number of nitrogens with zero attached hydrogens (tertiary/aromatic N) is 3. The minimum absolute atomic E-state index is 0.117. The molecule has 3 rings (SSSR count). The Hall–Kier alpha value is -3.55. The van der Waals surface area contributed by atoms with E-state index >= 15 is 0 Å². The molecular weight excluding hydrogens is 368 g/mol. The second-order valence-corrected chi connectivity index (χ2v) is 5.70. The molecule has 0 bridgehead atoms. The van der Waals surface area contributed by atoms with Crippen molar-refractivity contribution < 1.29 is 23.0 Å². The first-order chi connectivity index (χ1) is 13.5. The molecule has 144 valence electrons. The summed E-state index contributed by atoms with van der Waals surface area (Å²) in [7, 11) is 1.35. The zero-order valence-corrected chi connectivity index (χ0v) is 15.0. The summed E-state index contributed by atoms with van der Waals surface area (Å²) in [4.78, 5) is 14.2. The van der Waals surface area contributed by atoms with Crippen LogP contribution in [-0.4, -0.2) is 38.1 Å². The average Bonchev–Trinajstić information content (AvgIpc) is 2.94. The van der Waals surface area contributed by atoms with Gasteiger partial charge in [0.1, 0.15) is 0 Å². The van der Waals surface area contributed by atoms with Crippen LogP contribution in [0.3, 0.4) is 0 Å². The third kappa shape index (κ3) is 3.90. The van der Waals surface area contributed by atoms with Crippen LogP contribution in [-0.2, 0) is 4.79 Å². The van der Waals surface area contributed by atoms with Gasteiger partial charge in [-0.1, -0.05) is 24.3 Å². The van der Waals surface area contributed by atoms with E-state index in [-0.39, 0.29) is 23.1 Å². The Bertz CT molecular complexity index is 957. The van der Waals surface area contributed by atoms with E-state index in [1.807, 2.05) is 12.1 Å². The van der Waals surface area contributed by atoms with Gasteiger partial charge < -0.3 is 14.4 Å². The van der Waals surface area contributed by atoms with Crippen LogP contribution in [0.25, 0.3) is 0 Å². The summed E-state index contributed by atoms with van der Waals surface area (Å²) in [5.74, 6) is -0.230. The molecule has 2 aromatic carbocycles. The van der Waals surface area contributed by atoms with Crippen LogP contribution in [0.1, 0.15) is 11.1 Å². The summed E-state index contributed by atoms with van der Waals surface area (Å²) in [6.45, 7) is 1.03. The number of carbonyl (C=O) groups is 1. The van der Waals surface area contributed by atoms with E-state index < -0.39 is 6.61 Å². The quantitative estimate of drug-likeness (QED) is 0.415. The molecule has 0 aromatic heterocycles. The fourth-order valence-electron chi connectivity index (χ4n) is 2.78. The third-order valence-corrected chi connectivity index (χ3v) is 3.98. The highest BCUT2D eigenvalue weighted by molar-refractivity contribution is 6.54. The minimum atomic E-state index is -2.98. The molecule has 0 saturated heterocycles. The number of alkyl halides is 2. The van der Waals surface area contributed by atoms with E-state index in [4.69, 9.17) is 4.74 Å². The van der Waals surface area contributed by atoms with Crippen molar-refractivity contribution in [3.63, 3.8) is 0 Å². The zero-order chi connectivity index (χ0) is 20.1. The lowest BCUT2D eigenvalue weighted by molar-refractivity contribution is -0.112. The van der Waals surface area contributed by atoms with Crippen molar-refractivity contribution in [3.8, 4) is 11.5 Å². The highest BCUT2D eigenvalue weighted by Crippen LogP contribution is 2.30. The molecule has 0 saturated carbocycles. The van der Waals surface area contributed by atoms with Crippen molar-refractivity contribution in [1.82, 2.24) is 0 Å². The van der Waals surface area contributed by atoms with Crippen molar-refractivity contribution in [3.05, 3.63) is 66.2 Å². The Morgan fingerprint density at radius 2 is 2.00 bits per heavy atom. The maximum absolute atomic E-state index is 12.6. The Labute approximate surface area is 160 Å². The van der Waals surface area contributed by atoms with Gasteiger partial charge in [-0.3, -0.25) is 4.79 Å². The maximum Gasteiger partial charge on any atom is 0.387 e. The van der Waals surface area contributed by atoms with Crippen LogP contribution in [0.4, 0.5) is 14.5 Å². The van der Waals surface area contributed by atoms with E-state index in [1.54, 1.807) is 29.2 Å². The number of rotatable bonds is 7. The standard InChI is InChI=1S/C20H17F2N3O3/c1-3-10-25-15-7-5-4-6-14(15)18(19(25)26)24-23-12-13-8-9-16(27-2)17(11-13)28-20(21)22/h3-9,11-12,20H,1,10H2,2H3/b23-12-,24-18-. The van der Waals surface area contributed by atoms with E-state index in [9.17, 15) is 13.6 Å². The van der Waals surface area contributed by atoms with E-state index in [1.165, 1.54) is 25.5 Å². The van der Waals surface area contributed by atoms with Crippen molar-refractivity contribution in [2.75, 3.05) is 18.6 Å². The van der Waals surface area contributed by atoms with Gasteiger partial charge in [-0.15, -0.1) is 11.7 Å². The Morgan fingerprint density at radius 1 is 1.21 bits per heavy atom. The highest BCUT2D eigenvalue weighted by Gasteiger charge is 2.32. The van der Waals surface area contributed by atoms with Gasteiger partial charge in [0.2, 0.25) is 0 Å². The molecule has 0 radical (unpaired) electrons. The highest BCUT2D eigenvalue weighted by atomic mass is 19.3. The maximum atomic E-state index is 12.6. The first-order valence-electron chi connectivity index (χ1n) is 8.31. The van der Waals surface area contributed by atoms with Gasteiger partial charge in [-0.25, -0.2) is 0 Å². The van der Waals surface area contributed by atoms with Gasteiger partial charge in [0.05, 0.1) is 19.0 Å². The first-order valence-corrected chi connectivity index (χ1v) is 8.31. The van der Waals surface area contributed by atoms with E-state index in [2.05, 4.69) is 21.5 Å². The largest absolute Gasteiger partial charge is 0.493 e. The van der Waals surface area contributed by atoms with Gasteiger partial charge in [0, 0.05) is 12.1 Å². The smallest absolute Gasteiger partial charge is 0.387 e. The minimum Gasteiger partial charge on any atom is -0.493 e. The van der Waals surface area contributed by atoms with Crippen LogP contribution in [0.5, 0.6) is 11.5 Å². The summed E-state index contributed by atoms with van der Waals surface area (Å²) in [5.41, 5.74) is 2.06. The number of hydrogen-bond donors (Lipinski definition) is 0. The van der Waals surface area contributed by atoms with Crippen LogP contribution in [0.15, 0.2) is 65.3 Å². The Balaban J connectivity index is 1.88. The predicted molar refractivity (Wildman–Crippen MR) is 103 cm³/mol. The molecule has 1 heterocycles. The number of fused-ring (bicyclic) bond motifs is 1. The van der Waals surface area contributed by atoms with Gasteiger partial charge in [0.25, 0.3) is 5.91 Å². The molecule has 1 aliphatic heterocycles. The van der Waals surface area contributed by atoms with Gasteiger partial charge in [-0.2, -0.15) is 13.9 Å². The lowest BCUT2D eigenvalue weighted by atomic mass is 10.1. The number of para-hydroxylation sites is 1. The van der Waals surface area contributed by atoms with Gasteiger partial charge in [-0.05, 0) is 29.8 Å². The zero-order valence-electron chi connectivity index (χ0n) is 15.0.